The predicted octanol–water partition coefficient (Wildman–Crippen LogP) is 4.07. The Kier molecular flexibility index (Phi) is 7.95. The largest absolute Gasteiger partial charge is 0.376 e. The normalized spacial score (nSPS) is 22.6. The Labute approximate surface area is 232 Å². The molecule has 0 saturated carbocycles. The molecule has 3 amide bonds. The Bertz CT molecular complexity index is 1220. The van der Waals surface area contributed by atoms with Crippen molar-refractivity contribution in [2.45, 2.75) is 50.5 Å². The quantitative estimate of drug-likeness (QED) is 0.596. The number of halogens is 2. The Morgan fingerprint density at radius 3 is 2.50 bits per heavy atom. The fourth-order valence-electron chi connectivity index (χ4n) is 5.52. The minimum Gasteiger partial charge on any atom is -0.376 e. The van der Waals surface area contributed by atoms with Gasteiger partial charge in [0.1, 0.15) is 11.8 Å². The van der Waals surface area contributed by atoms with E-state index in [1.807, 2.05) is 25.1 Å². The van der Waals surface area contributed by atoms with Crippen LogP contribution in [0.2, 0.25) is 10.0 Å². The molecule has 3 saturated heterocycles. The lowest BCUT2D eigenvalue weighted by molar-refractivity contribution is -0.128. The number of piperidine rings is 1. The van der Waals surface area contributed by atoms with Crippen molar-refractivity contribution in [3.05, 3.63) is 69.2 Å². The Morgan fingerprint density at radius 2 is 1.82 bits per heavy atom. The minimum absolute atomic E-state index is 0.00799. The van der Waals surface area contributed by atoms with Crippen LogP contribution in [0.15, 0.2) is 42.5 Å². The van der Waals surface area contributed by atoms with Crippen molar-refractivity contribution in [2.24, 2.45) is 0 Å². The van der Waals surface area contributed by atoms with E-state index in [0.29, 0.717) is 60.3 Å². The number of rotatable bonds is 5. The van der Waals surface area contributed by atoms with Crippen LogP contribution in [0.25, 0.3) is 0 Å². The number of nitrogens with zero attached hydrogens (tertiary/aromatic N) is 2. The van der Waals surface area contributed by atoms with Crippen LogP contribution < -0.4 is 5.32 Å². The third-order valence-electron chi connectivity index (χ3n) is 7.68. The van der Waals surface area contributed by atoms with Gasteiger partial charge in [-0.05, 0) is 49.6 Å². The molecule has 3 aliphatic rings. The van der Waals surface area contributed by atoms with Gasteiger partial charge in [-0.25, -0.2) is 0 Å². The van der Waals surface area contributed by atoms with E-state index in [4.69, 9.17) is 32.7 Å². The molecule has 3 aliphatic heterocycles. The number of amides is 3. The molecule has 5 rings (SSSR count). The van der Waals surface area contributed by atoms with Crippen molar-refractivity contribution >= 4 is 40.9 Å². The second kappa shape index (κ2) is 11.2. The smallest absolute Gasteiger partial charge is 0.257 e. The molecule has 8 nitrogen and oxygen atoms in total. The number of carbonyl (C=O) groups excluding carboxylic acids is 3. The number of likely N-dealkylation sites (tertiary alicyclic amines) is 1. The summed E-state index contributed by atoms with van der Waals surface area (Å²) in [6, 6.07) is 11.4. The van der Waals surface area contributed by atoms with Gasteiger partial charge in [-0.15, -0.1) is 0 Å². The van der Waals surface area contributed by atoms with E-state index in [0.717, 1.165) is 18.4 Å². The first-order valence-electron chi connectivity index (χ1n) is 13.0. The molecule has 1 spiro atoms. The van der Waals surface area contributed by atoms with Crippen molar-refractivity contribution < 1.29 is 23.9 Å². The highest BCUT2D eigenvalue weighted by molar-refractivity contribution is 6.42. The van der Waals surface area contributed by atoms with Crippen LogP contribution >= 0.6 is 23.2 Å². The number of ether oxygens (including phenoxy) is 2. The molecule has 1 N–H and O–H groups in total. The molecule has 3 fully saturated rings. The summed E-state index contributed by atoms with van der Waals surface area (Å²) in [6.07, 6.45) is 2.64. The summed E-state index contributed by atoms with van der Waals surface area (Å²) in [5, 5.41) is 3.67. The van der Waals surface area contributed by atoms with Crippen LogP contribution in [0, 0.1) is 6.92 Å². The zero-order valence-electron chi connectivity index (χ0n) is 21.3. The van der Waals surface area contributed by atoms with Gasteiger partial charge < -0.3 is 19.7 Å². The number of benzene rings is 2. The first-order valence-corrected chi connectivity index (χ1v) is 13.7. The van der Waals surface area contributed by atoms with E-state index in [1.165, 1.54) is 0 Å². The van der Waals surface area contributed by atoms with Crippen molar-refractivity contribution in [1.82, 2.24) is 15.1 Å². The summed E-state index contributed by atoms with van der Waals surface area (Å²) in [5.41, 5.74) is 0.815. The summed E-state index contributed by atoms with van der Waals surface area (Å²) >= 11 is 12.1. The summed E-state index contributed by atoms with van der Waals surface area (Å²) < 4.78 is 11.9. The SMILES string of the molecule is Cc1ccccc1C(=O)N1[C@@H](C(=O)NC[C@@H]2CCCO2)COC12CCN(C(=O)c1ccc(Cl)c(Cl)c1)CC2. The highest BCUT2D eigenvalue weighted by Gasteiger charge is 2.54. The van der Waals surface area contributed by atoms with E-state index in [9.17, 15) is 14.4 Å². The maximum absolute atomic E-state index is 14.0. The fraction of sp³-hybridized carbons (Fsp3) is 0.464. The van der Waals surface area contributed by atoms with Gasteiger partial charge in [-0.2, -0.15) is 0 Å². The zero-order chi connectivity index (χ0) is 26.9. The number of aryl methyl sites for hydroxylation is 1. The van der Waals surface area contributed by atoms with Crippen LogP contribution in [0.1, 0.15) is 52.0 Å². The zero-order valence-corrected chi connectivity index (χ0v) is 22.8. The lowest BCUT2D eigenvalue weighted by Crippen LogP contribution is -2.60. The second-order valence-electron chi connectivity index (χ2n) is 10.1. The molecule has 202 valence electrons. The minimum atomic E-state index is -0.986. The van der Waals surface area contributed by atoms with Crippen LogP contribution in [0.3, 0.4) is 0 Å². The molecule has 10 heteroatoms. The lowest BCUT2D eigenvalue weighted by Gasteiger charge is -2.44. The van der Waals surface area contributed by atoms with Crippen LogP contribution in [0.5, 0.6) is 0 Å². The highest BCUT2D eigenvalue weighted by atomic mass is 35.5. The van der Waals surface area contributed by atoms with Crippen molar-refractivity contribution in [1.29, 1.82) is 0 Å². The van der Waals surface area contributed by atoms with Crippen LogP contribution in [0.4, 0.5) is 0 Å². The van der Waals surface area contributed by atoms with Gasteiger partial charge in [-0.1, -0.05) is 41.4 Å². The fourth-order valence-corrected chi connectivity index (χ4v) is 5.82. The van der Waals surface area contributed by atoms with E-state index in [2.05, 4.69) is 5.32 Å². The summed E-state index contributed by atoms with van der Waals surface area (Å²) in [4.78, 5) is 43.8. The van der Waals surface area contributed by atoms with Gasteiger partial charge in [0.25, 0.3) is 11.8 Å². The average molecular weight is 560 g/mol. The van der Waals surface area contributed by atoms with E-state index >= 15 is 0 Å². The van der Waals surface area contributed by atoms with Crippen LogP contribution in [-0.2, 0) is 14.3 Å². The average Bonchev–Trinajstić information content (AvgIpc) is 3.57. The summed E-state index contributed by atoms with van der Waals surface area (Å²) in [6.45, 7) is 3.80. The van der Waals surface area contributed by atoms with E-state index in [-0.39, 0.29) is 30.4 Å². The van der Waals surface area contributed by atoms with Crippen LogP contribution in [-0.4, -0.2) is 78.2 Å². The molecule has 0 aromatic heterocycles. The molecule has 0 radical (unpaired) electrons. The van der Waals surface area contributed by atoms with Gasteiger partial charge >= 0.3 is 0 Å². The Balaban J connectivity index is 1.35. The first-order chi connectivity index (χ1) is 18.3. The molecule has 0 unspecified atom stereocenters. The molecule has 0 bridgehead atoms. The molecule has 38 heavy (non-hydrogen) atoms. The third kappa shape index (κ3) is 5.27. The molecular formula is C28H31Cl2N3O5. The van der Waals surface area contributed by atoms with Crippen molar-refractivity contribution in [2.75, 3.05) is 32.8 Å². The molecule has 0 aliphatic carbocycles. The number of hydrogen-bond donors (Lipinski definition) is 1. The lowest BCUT2D eigenvalue weighted by atomic mass is 9.95. The predicted molar refractivity (Wildman–Crippen MR) is 143 cm³/mol. The summed E-state index contributed by atoms with van der Waals surface area (Å²) in [5.74, 6) is -0.671. The second-order valence-corrected chi connectivity index (χ2v) is 10.9. The molecule has 2 aromatic rings. The number of nitrogens with one attached hydrogen (secondary N) is 1. The van der Waals surface area contributed by atoms with Gasteiger partial charge in [0.2, 0.25) is 5.91 Å². The molecule has 2 atom stereocenters. The summed E-state index contributed by atoms with van der Waals surface area (Å²) in [7, 11) is 0. The van der Waals surface area contributed by atoms with Gasteiger partial charge in [0.15, 0.2) is 0 Å². The van der Waals surface area contributed by atoms with E-state index < -0.39 is 11.8 Å². The molecular weight excluding hydrogens is 529 g/mol. The Morgan fingerprint density at radius 1 is 1.05 bits per heavy atom. The molecule has 2 aromatic carbocycles. The number of carbonyl (C=O) groups is 3. The van der Waals surface area contributed by atoms with Gasteiger partial charge in [0, 0.05) is 50.2 Å². The van der Waals surface area contributed by atoms with Gasteiger partial charge in [-0.3, -0.25) is 19.3 Å². The Hall–Kier alpha value is -2.65. The topological polar surface area (TPSA) is 88.2 Å². The molecule has 3 heterocycles. The number of hydrogen-bond acceptors (Lipinski definition) is 5. The van der Waals surface area contributed by atoms with Crippen molar-refractivity contribution in [3.63, 3.8) is 0 Å². The van der Waals surface area contributed by atoms with Crippen molar-refractivity contribution in [3.8, 4) is 0 Å². The standard InChI is InChI=1S/C28H31Cl2N3O5/c1-18-5-2-3-7-21(18)27(36)33-24(25(34)31-16-20-6-4-14-37-20)17-38-28(33)10-12-32(13-11-28)26(35)19-8-9-22(29)23(30)15-19/h2-3,5,7-9,15,20,24H,4,6,10-14,16-17H2,1H3,(H,31,34)/t20-,24+/m0/s1. The third-order valence-corrected chi connectivity index (χ3v) is 8.42. The van der Waals surface area contributed by atoms with Gasteiger partial charge in [0.05, 0.1) is 22.8 Å². The maximum atomic E-state index is 14.0. The highest BCUT2D eigenvalue weighted by Crippen LogP contribution is 2.39. The first kappa shape index (κ1) is 26.9. The monoisotopic (exact) mass is 559 g/mol. The maximum Gasteiger partial charge on any atom is 0.257 e. The van der Waals surface area contributed by atoms with E-state index in [1.54, 1.807) is 34.1 Å².